The number of piperidine rings is 1. The standard InChI is InChI=1S/C15H27N3O2/c1-11(8-10-16(3)4)18-12(2)14(19)17-9-6-5-7-13(17)15(18)20/h11-13H,5-10H2,1-4H3. The largest absolute Gasteiger partial charge is 0.329 e. The van der Waals surface area contributed by atoms with E-state index in [1.807, 2.05) is 30.8 Å². The molecule has 0 aromatic carbocycles. The molecule has 2 rings (SSSR count). The Hall–Kier alpha value is -1.10. The van der Waals surface area contributed by atoms with Gasteiger partial charge in [0.05, 0.1) is 0 Å². The monoisotopic (exact) mass is 281 g/mol. The minimum atomic E-state index is -0.311. The predicted molar refractivity (Wildman–Crippen MR) is 78.3 cm³/mol. The average Bonchev–Trinajstić information content (AvgIpc) is 2.43. The third-order valence-corrected chi connectivity index (χ3v) is 4.57. The van der Waals surface area contributed by atoms with Crippen molar-refractivity contribution >= 4 is 11.8 Å². The number of rotatable bonds is 4. The number of hydrogen-bond donors (Lipinski definition) is 0. The molecule has 2 aliphatic rings. The maximum atomic E-state index is 12.7. The summed E-state index contributed by atoms with van der Waals surface area (Å²) >= 11 is 0. The number of piperazine rings is 1. The van der Waals surface area contributed by atoms with Gasteiger partial charge in [-0.1, -0.05) is 0 Å². The molecule has 2 saturated heterocycles. The SMILES string of the molecule is CC(CCN(C)C)N1C(=O)C2CCCCN2C(=O)C1C. The fourth-order valence-electron chi connectivity index (χ4n) is 3.36. The summed E-state index contributed by atoms with van der Waals surface area (Å²) in [6.07, 6.45) is 3.81. The smallest absolute Gasteiger partial charge is 0.246 e. The van der Waals surface area contributed by atoms with Gasteiger partial charge in [-0.2, -0.15) is 0 Å². The Morgan fingerprint density at radius 2 is 1.95 bits per heavy atom. The van der Waals surface area contributed by atoms with Crippen molar-refractivity contribution in [2.45, 2.75) is 57.7 Å². The van der Waals surface area contributed by atoms with Gasteiger partial charge in [0.25, 0.3) is 0 Å². The van der Waals surface area contributed by atoms with Crippen molar-refractivity contribution in [2.24, 2.45) is 0 Å². The lowest BCUT2D eigenvalue weighted by Gasteiger charge is -2.48. The number of fused-ring (bicyclic) bond motifs is 1. The van der Waals surface area contributed by atoms with Crippen LogP contribution in [0.3, 0.4) is 0 Å². The molecule has 0 aliphatic carbocycles. The molecule has 0 aromatic rings. The zero-order chi connectivity index (χ0) is 14.9. The normalized spacial score (nSPS) is 28.9. The second-order valence-corrected chi connectivity index (χ2v) is 6.41. The van der Waals surface area contributed by atoms with Gasteiger partial charge in [-0.15, -0.1) is 0 Å². The van der Waals surface area contributed by atoms with Gasteiger partial charge in [-0.3, -0.25) is 9.59 Å². The number of amides is 2. The summed E-state index contributed by atoms with van der Waals surface area (Å²) in [5, 5.41) is 0. The van der Waals surface area contributed by atoms with Crippen LogP contribution in [0.15, 0.2) is 0 Å². The van der Waals surface area contributed by atoms with Gasteiger partial charge < -0.3 is 14.7 Å². The molecule has 2 heterocycles. The minimum absolute atomic E-state index is 0.118. The maximum absolute atomic E-state index is 12.7. The lowest BCUT2D eigenvalue weighted by molar-refractivity contribution is -0.165. The second kappa shape index (κ2) is 6.12. The Morgan fingerprint density at radius 3 is 2.60 bits per heavy atom. The Labute approximate surface area is 121 Å². The summed E-state index contributed by atoms with van der Waals surface area (Å²) in [5.41, 5.74) is 0. The van der Waals surface area contributed by atoms with Crippen LogP contribution in [0.5, 0.6) is 0 Å². The van der Waals surface area contributed by atoms with Crippen LogP contribution in [0, 0.1) is 0 Å². The van der Waals surface area contributed by atoms with Crippen LogP contribution < -0.4 is 0 Å². The molecule has 3 atom stereocenters. The minimum Gasteiger partial charge on any atom is -0.329 e. The molecule has 2 amide bonds. The molecule has 5 heteroatoms. The zero-order valence-corrected chi connectivity index (χ0v) is 13.1. The van der Waals surface area contributed by atoms with Gasteiger partial charge in [-0.05, 0) is 60.2 Å². The first-order valence-electron chi connectivity index (χ1n) is 7.71. The van der Waals surface area contributed by atoms with Crippen LogP contribution in [-0.2, 0) is 9.59 Å². The summed E-state index contributed by atoms with van der Waals surface area (Å²) in [6, 6.07) is -0.392. The first kappa shape index (κ1) is 15.3. The topological polar surface area (TPSA) is 43.9 Å². The predicted octanol–water partition coefficient (Wildman–Crippen LogP) is 0.938. The lowest BCUT2D eigenvalue weighted by atomic mass is 9.94. The number of nitrogens with zero attached hydrogens (tertiary/aromatic N) is 3. The van der Waals surface area contributed by atoms with Crippen molar-refractivity contribution in [3.63, 3.8) is 0 Å². The fourth-order valence-corrected chi connectivity index (χ4v) is 3.36. The molecule has 114 valence electrons. The number of carbonyl (C=O) groups excluding carboxylic acids is 2. The average molecular weight is 281 g/mol. The molecule has 20 heavy (non-hydrogen) atoms. The van der Waals surface area contributed by atoms with Crippen molar-refractivity contribution in [1.29, 1.82) is 0 Å². The van der Waals surface area contributed by atoms with Crippen LogP contribution in [0.4, 0.5) is 0 Å². The highest BCUT2D eigenvalue weighted by Crippen LogP contribution is 2.28. The van der Waals surface area contributed by atoms with Crippen molar-refractivity contribution in [3.05, 3.63) is 0 Å². The molecule has 0 bridgehead atoms. The molecule has 2 fully saturated rings. The highest BCUT2D eigenvalue weighted by atomic mass is 16.2. The van der Waals surface area contributed by atoms with Gasteiger partial charge in [0.2, 0.25) is 11.8 Å². The molecular weight excluding hydrogens is 254 g/mol. The molecule has 0 saturated carbocycles. The van der Waals surface area contributed by atoms with E-state index >= 15 is 0 Å². The fraction of sp³-hybridized carbons (Fsp3) is 0.867. The summed E-state index contributed by atoms with van der Waals surface area (Å²) in [6.45, 7) is 5.61. The quantitative estimate of drug-likeness (QED) is 0.770. The van der Waals surface area contributed by atoms with E-state index in [1.165, 1.54) is 0 Å². The Morgan fingerprint density at radius 1 is 1.25 bits per heavy atom. The van der Waals surface area contributed by atoms with Crippen LogP contribution in [0.25, 0.3) is 0 Å². The Kier molecular flexibility index (Phi) is 4.68. The van der Waals surface area contributed by atoms with Crippen molar-refractivity contribution in [3.8, 4) is 0 Å². The summed E-state index contributed by atoms with van der Waals surface area (Å²) in [7, 11) is 4.06. The van der Waals surface area contributed by atoms with E-state index in [0.29, 0.717) is 0 Å². The van der Waals surface area contributed by atoms with Crippen LogP contribution in [-0.4, -0.2) is 71.8 Å². The lowest BCUT2D eigenvalue weighted by Crippen LogP contribution is -2.66. The molecule has 0 aromatic heterocycles. The molecule has 2 aliphatic heterocycles. The van der Waals surface area contributed by atoms with E-state index in [0.717, 1.165) is 38.8 Å². The maximum Gasteiger partial charge on any atom is 0.246 e. The third-order valence-electron chi connectivity index (χ3n) is 4.57. The molecule has 0 N–H and O–H groups in total. The summed E-state index contributed by atoms with van der Waals surface area (Å²) in [4.78, 5) is 31.0. The van der Waals surface area contributed by atoms with E-state index in [2.05, 4.69) is 11.8 Å². The molecule has 5 nitrogen and oxygen atoms in total. The van der Waals surface area contributed by atoms with Gasteiger partial charge >= 0.3 is 0 Å². The first-order valence-corrected chi connectivity index (χ1v) is 7.71. The number of carbonyl (C=O) groups is 2. The second-order valence-electron chi connectivity index (χ2n) is 6.41. The summed E-state index contributed by atoms with van der Waals surface area (Å²) in [5.74, 6) is 0.286. The first-order chi connectivity index (χ1) is 9.43. The molecular formula is C15H27N3O2. The van der Waals surface area contributed by atoms with E-state index in [9.17, 15) is 9.59 Å². The highest BCUT2D eigenvalue weighted by molar-refractivity contribution is 5.97. The van der Waals surface area contributed by atoms with Crippen molar-refractivity contribution < 1.29 is 9.59 Å². The van der Waals surface area contributed by atoms with E-state index in [4.69, 9.17) is 0 Å². The molecule has 0 radical (unpaired) electrons. The zero-order valence-electron chi connectivity index (χ0n) is 13.1. The van der Waals surface area contributed by atoms with Gasteiger partial charge in [0.15, 0.2) is 0 Å². The van der Waals surface area contributed by atoms with Gasteiger partial charge in [0.1, 0.15) is 12.1 Å². The Bertz CT molecular complexity index is 383. The van der Waals surface area contributed by atoms with Crippen molar-refractivity contribution in [2.75, 3.05) is 27.2 Å². The van der Waals surface area contributed by atoms with Crippen LogP contribution in [0.2, 0.25) is 0 Å². The van der Waals surface area contributed by atoms with E-state index < -0.39 is 0 Å². The van der Waals surface area contributed by atoms with Gasteiger partial charge in [0, 0.05) is 12.6 Å². The third kappa shape index (κ3) is 2.82. The highest BCUT2D eigenvalue weighted by Gasteiger charge is 2.45. The summed E-state index contributed by atoms with van der Waals surface area (Å²) < 4.78 is 0. The molecule has 0 spiro atoms. The van der Waals surface area contributed by atoms with E-state index in [-0.39, 0.29) is 29.9 Å². The van der Waals surface area contributed by atoms with Gasteiger partial charge in [-0.25, -0.2) is 0 Å². The van der Waals surface area contributed by atoms with E-state index in [1.54, 1.807) is 0 Å². The van der Waals surface area contributed by atoms with Crippen LogP contribution in [0.1, 0.15) is 39.5 Å². The molecule has 3 unspecified atom stereocenters. The van der Waals surface area contributed by atoms with Crippen LogP contribution >= 0.6 is 0 Å². The Balaban J connectivity index is 2.11. The van der Waals surface area contributed by atoms with Crippen molar-refractivity contribution in [1.82, 2.24) is 14.7 Å². The number of hydrogen-bond acceptors (Lipinski definition) is 3.